The Hall–Kier alpha value is -0.780. The molecular formula is C12H9BrN2S2. The third-order valence-electron chi connectivity index (χ3n) is 2.74. The van der Waals surface area contributed by atoms with E-state index in [0.717, 1.165) is 11.0 Å². The molecule has 0 aliphatic rings. The van der Waals surface area contributed by atoms with Gasteiger partial charge < -0.3 is 0 Å². The molecule has 0 saturated heterocycles. The molecule has 0 aliphatic carbocycles. The van der Waals surface area contributed by atoms with Crippen LogP contribution in [-0.2, 0) is 0 Å². The number of thiophene rings is 1. The SMILES string of the molecule is Cc1cc(-c2ccc(C)c3nsnc23)sc1Br. The van der Waals surface area contributed by atoms with Gasteiger partial charge in [0.25, 0.3) is 0 Å². The summed E-state index contributed by atoms with van der Waals surface area (Å²) in [6.45, 7) is 4.18. The number of benzene rings is 1. The first-order valence-electron chi connectivity index (χ1n) is 5.15. The monoisotopic (exact) mass is 324 g/mol. The van der Waals surface area contributed by atoms with Crippen LogP contribution in [0.1, 0.15) is 11.1 Å². The van der Waals surface area contributed by atoms with Crippen molar-refractivity contribution in [1.29, 1.82) is 0 Å². The Morgan fingerprint density at radius 2 is 1.82 bits per heavy atom. The zero-order valence-corrected chi connectivity index (χ0v) is 12.5. The lowest BCUT2D eigenvalue weighted by atomic mass is 10.1. The molecule has 0 bridgehead atoms. The summed E-state index contributed by atoms with van der Waals surface area (Å²) in [5.74, 6) is 0. The molecule has 5 heteroatoms. The van der Waals surface area contributed by atoms with Gasteiger partial charge in [0.1, 0.15) is 11.0 Å². The van der Waals surface area contributed by atoms with Crippen LogP contribution in [0.2, 0.25) is 0 Å². The van der Waals surface area contributed by atoms with E-state index in [1.54, 1.807) is 11.3 Å². The maximum Gasteiger partial charge on any atom is 0.113 e. The van der Waals surface area contributed by atoms with Gasteiger partial charge in [-0.15, -0.1) is 11.3 Å². The summed E-state index contributed by atoms with van der Waals surface area (Å²) in [4.78, 5) is 1.24. The quantitative estimate of drug-likeness (QED) is 0.642. The molecule has 0 radical (unpaired) electrons. The van der Waals surface area contributed by atoms with Gasteiger partial charge in [0.2, 0.25) is 0 Å². The van der Waals surface area contributed by atoms with E-state index in [2.05, 4.69) is 56.7 Å². The van der Waals surface area contributed by atoms with Gasteiger partial charge in [-0.3, -0.25) is 0 Å². The lowest BCUT2D eigenvalue weighted by molar-refractivity contribution is 1.48. The minimum atomic E-state index is 1.02. The van der Waals surface area contributed by atoms with Crippen molar-refractivity contribution in [1.82, 2.24) is 8.75 Å². The van der Waals surface area contributed by atoms with Crippen LogP contribution < -0.4 is 0 Å². The first-order valence-corrected chi connectivity index (χ1v) is 7.49. The fourth-order valence-electron chi connectivity index (χ4n) is 1.78. The normalized spacial score (nSPS) is 11.2. The van der Waals surface area contributed by atoms with Gasteiger partial charge in [0.05, 0.1) is 15.5 Å². The first-order chi connectivity index (χ1) is 8.16. The van der Waals surface area contributed by atoms with E-state index in [-0.39, 0.29) is 0 Å². The maximum absolute atomic E-state index is 4.42. The van der Waals surface area contributed by atoms with Gasteiger partial charge >= 0.3 is 0 Å². The Morgan fingerprint density at radius 1 is 1.06 bits per heavy atom. The number of aromatic nitrogens is 2. The molecule has 0 spiro atoms. The summed E-state index contributed by atoms with van der Waals surface area (Å²) in [6, 6.07) is 6.44. The molecule has 2 heterocycles. The van der Waals surface area contributed by atoms with E-state index >= 15 is 0 Å². The Bertz CT molecular complexity index is 680. The Labute approximate surface area is 116 Å². The van der Waals surface area contributed by atoms with Crippen molar-refractivity contribution in [3.63, 3.8) is 0 Å². The molecule has 0 N–H and O–H groups in total. The van der Waals surface area contributed by atoms with Gasteiger partial charge in [-0.1, -0.05) is 12.1 Å². The van der Waals surface area contributed by atoms with Crippen LogP contribution in [0.15, 0.2) is 22.0 Å². The highest BCUT2D eigenvalue weighted by molar-refractivity contribution is 9.11. The minimum absolute atomic E-state index is 1.02. The zero-order valence-electron chi connectivity index (χ0n) is 9.32. The van der Waals surface area contributed by atoms with Crippen molar-refractivity contribution in [2.24, 2.45) is 0 Å². The van der Waals surface area contributed by atoms with E-state index in [0.29, 0.717) is 0 Å². The summed E-state index contributed by atoms with van der Waals surface area (Å²) in [5.41, 5.74) is 5.67. The van der Waals surface area contributed by atoms with Crippen molar-refractivity contribution < 1.29 is 0 Å². The van der Waals surface area contributed by atoms with E-state index in [4.69, 9.17) is 0 Å². The number of halogens is 1. The lowest BCUT2D eigenvalue weighted by Crippen LogP contribution is -1.81. The van der Waals surface area contributed by atoms with E-state index in [1.807, 2.05) is 0 Å². The van der Waals surface area contributed by atoms with Crippen LogP contribution in [0.25, 0.3) is 21.5 Å². The Balaban J connectivity index is 2.30. The first kappa shape index (κ1) is 11.3. The van der Waals surface area contributed by atoms with Gasteiger partial charge in [-0.05, 0) is 47.0 Å². The average molecular weight is 325 g/mol. The van der Waals surface area contributed by atoms with E-state index < -0.39 is 0 Å². The van der Waals surface area contributed by atoms with Gasteiger partial charge in [-0.25, -0.2) is 0 Å². The molecule has 3 rings (SSSR count). The van der Waals surface area contributed by atoms with Gasteiger partial charge in [-0.2, -0.15) is 8.75 Å². The number of fused-ring (bicyclic) bond motifs is 1. The molecule has 86 valence electrons. The van der Waals surface area contributed by atoms with Gasteiger partial charge in [0.15, 0.2) is 0 Å². The second-order valence-corrected chi connectivity index (χ2v) is 6.86. The number of hydrogen-bond acceptors (Lipinski definition) is 4. The average Bonchev–Trinajstić information content (AvgIpc) is 2.88. The molecule has 0 amide bonds. The summed E-state index contributed by atoms with van der Waals surface area (Å²) in [6.07, 6.45) is 0. The zero-order chi connectivity index (χ0) is 12.0. The molecule has 2 aromatic heterocycles. The third kappa shape index (κ3) is 1.82. The summed E-state index contributed by atoms with van der Waals surface area (Å²) in [7, 11) is 0. The minimum Gasteiger partial charge on any atom is -0.173 e. The third-order valence-corrected chi connectivity index (χ3v) is 5.44. The molecule has 17 heavy (non-hydrogen) atoms. The summed E-state index contributed by atoms with van der Waals surface area (Å²) < 4.78 is 9.96. The Kier molecular flexibility index (Phi) is 2.77. The molecule has 0 unspecified atom stereocenters. The van der Waals surface area contributed by atoms with E-state index in [1.165, 1.54) is 37.1 Å². The fraction of sp³-hybridized carbons (Fsp3) is 0.167. The Morgan fingerprint density at radius 3 is 2.53 bits per heavy atom. The topological polar surface area (TPSA) is 25.8 Å². The molecule has 0 aliphatic heterocycles. The molecule has 0 saturated carbocycles. The van der Waals surface area contributed by atoms with Gasteiger partial charge in [0, 0.05) is 10.4 Å². The second-order valence-electron chi connectivity index (χ2n) is 3.96. The number of aryl methyl sites for hydroxylation is 2. The van der Waals surface area contributed by atoms with Crippen molar-refractivity contribution in [2.75, 3.05) is 0 Å². The highest BCUT2D eigenvalue weighted by Crippen LogP contribution is 2.38. The van der Waals surface area contributed by atoms with Crippen LogP contribution in [-0.4, -0.2) is 8.75 Å². The van der Waals surface area contributed by atoms with Crippen LogP contribution in [0.5, 0.6) is 0 Å². The molecular weight excluding hydrogens is 316 g/mol. The highest BCUT2D eigenvalue weighted by atomic mass is 79.9. The molecule has 3 aromatic rings. The van der Waals surface area contributed by atoms with E-state index in [9.17, 15) is 0 Å². The second kappa shape index (κ2) is 4.15. The van der Waals surface area contributed by atoms with Crippen molar-refractivity contribution in [3.05, 3.63) is 33.1 Å². The van der Waals surface area contributed by atoms with Crippen LogP contribution in [0.3, 0.4) is 0 Å². The predicted octanol–water partition coefficient (Wildman–Crippen LogP) is 4.80. The molecule has 0 fully saturated rings. The summed E-state index contributed by atoms with van der Waals surface area (Å²) in [5, 5.41) is 0. The number of nitrogens with zero attached hydrogens (tertiary/aromatic N) is 2. The summed E-state index contributed by atoms with van der Waals surface area (Å²) >= 11 is 6.59. The van der Waals surface area contributed by atoms with Crippen LogP contribution in [0.4, 0.5) is 0 Å². The maximum atomic E-state index is 4.42. The standard InChI is InChI=1S/C12H9BrN2S2/c1-6-3-4-8(11-10(6)14-17-15-11)9-5-7(2)12(13)16-9/h3-5H,1-2H3. The molecule has 1 aromatic carbocycles. The number of rotatable bonds is 1. The smallest absolute Gasteiger partial charge is 0.113 e. The predicted molar refractivity (Wildman–Crippen MR) is 77.9 cm³/mol. The largest absolute Gasteiger partial charge is 0.173 e. The van der Waals surface area contributed by atoms with Crippen LogP contribution in [0, 0.1) is 13.8 Å². The highest BCUT2D eigenvalue weighted by Gasteiger charge is 2.12. The van der Waals surface area contributed by atoms with Crippen LogP contribution >= 0.6 is 39.0 Å². The van der Waals surface area contributed by atoms with Crippen molar-refractivity contribution in [3.8, 4) is 10.4 Å². The number of hydrogen-bond donors (Lipinski definition) is 0. The van der Waals surface area contributed by atoms with Crippen molar-refractivity contribution in [2.45, 2.75) is 13.8 Å². The molecule has 2 nitrogen and oxygen atoms in total. The van der Waals surface area contributed by atoms with Crippen molar-refractivity contribution >= 4 is 50.0 Å². The lowest BCUT2D eigenvalue weighted by Gasteiger charge is -2.00. The molecule has 0 atom stereocenters. The fourth-order valence-corrected chi connectivity index (χ4v) is 3.96.